The largest absolute Gasteiger partial charge is 1.00 e. The number of hydrogen-bond donors (Lipinski definition) is 1. The molecule has 0 saturated carbocycles. The van der Waals surface area contributed by atoms with Gasteiger partial charge in [0.15, 0.2) is 5.94 Å². The monoisotopic (exact) mass is 234 g/mol. The summed E-state index contributed by atoms with van der Waals surface area (Å²) in [5, 5.41) is 8.36. The molecule has 0 fully saturated rings. The van der Waals surface area contributed by atoms with Gasteiger partial charge >= 0.3 is 29.6 Å². The van der Waals surface area contributed by atoms with Crippen molar-refractivity contribution < 1.29 is 53.4 Å². The van der Waals surface area contributed by atoms with Gasteiger partial charge in [0.1, 0.15) is 0 Å². The van der Waals surface area contributed by atoms with E-state index in [4.69, 9.17) is 5.11 Å². The van der Waals surface area contributed by atoms with Crippen LogP contribution in [0.3, 0.4) is 0 Å². The summed E-state index contributed by atoms with van der Waals surface area (Å²) in [6.07, 6.45) is 1.74. The van der Waals surface area contributed by atoms with Crippen LogP contribution in [0.1, 0.15) is 7.85 Å². The van der Waals surface area contributed by atoms with Crippen molar-refractivity contribution in [2.75, 3.05) is 25.8 Å². The third kappa shape index (κ3) is 10.6. The van der Waals surface area contributed by atoms with Gasteiger partial charge in [-0.2, -0.15) is 8.42 Å². The zero-order valence-corrected chi connectivity index (χ0v) is 11.1. The molecule has 0 unspecified atom stereocenters. The number of aliphatic hydroxyl groups excluding tert-OH is 1. The molecule has 0 saturated heterocycles. The Balaban J connectivity index is -0.000000720. The molecule has 0 radical (unpaired) electrons. The molecule has 0 aromatic heterocycles. The van der Waals surface area contributed by atoms with E-state index in [-0.39, 0.29) is 50.8 Å². The second kappa shape index (κ2) is 10.1. The molecule has 0 aliphatic rings. The third-order valence-electron chi connectivity index (χ3n) is 1.03. The SMILES string of the molecule is C=CCOCS(=O)(=O)OCCCO.[H-].[Na+]. The van der Waals surface area contributed by atoms with Crippen LogP contribution in [0.15, 0.2) is 12.7 Å². The molecule has 0 aromatic carbocycles. The maximum Gasteiger partial charge on any atom is 1.00 e. The van der Waals surface area contributed by atoms with E-state index in [1.807, 2.05) is 0 Å². The van der Waals surface area contributed by atoms with Crippen molar-refractivity contribution in [3.05, 3.63) is 12.7 Å². The molecule has 0 heterocycles. The Morgan fingerprint density at radius 3 is 2.64 bits per heavy atom. The van der Waals surface area contributed by atoms with Crippen molar-refractivity contribution in [1.82, 2.24) is 0 Å². The molecule has 1 N–H and O–H groups in total. The fourth-order valence-electron chi connectivity index (χ4n) is 0.518. The molecule has 0 spiro atoms. The Labute approximate surface area is 108 Å². The fourth-order valence-corrected chi connectivity index (χ4v) is 1.26. The summed E-state index contributed by atoms with van der Waals surface area (Å²) in [5.41, 5.74) is 0. The molecule has 0 rings (SSSR count). The summed E-state index contributed by atoms with van der Waals surface area (Å²) in [4.78, 5) is 0. The van der Waals surface area contributed by atoms with E-state index in [1.54, 1.807) is 0 Å². The summed E-state index contributed by atoms with van der Waals surface area (Å²) in [7, 11) is -3.61. The van der Waals surface area contributed by atoms with Crippen molar-refractivity contribution in [3.63, 3.8) is 0 Å². The molecule has 0 aliphatic heterocycles. The van der Waals surface area contributed by atoms with Gasteiger partial charge in [-0.25, -0.2) is 0 Å². The topological polar surface area (TPSA) is 72.8 Å². The summed E-state index contributed by atoms with van der Waals surface area (Å²) in [6, 6.07) is 0. The second-order valence-corrected chi connectivity index (χ2v) is 3.82. The van der Waals surface area contributed by atoms with Gasteiger partial charge in [-0.1, -0.05) is 6.08 Å². The van der Waals surface area contributed by atoms with E-state index >= 15 is 0 Å². The Kier molecular flexibility index (Phi) is 12.3. The van der Waals surface area contributed by atoms with Gasteiger partial charge in [-0.05, 0) is 6.42 Å². The standard InChI is InChI=1S/C7H14O5S.Na.H/c1-2-5-11-7-13(9,10)12-6-3-4-8;;/h2,8H,1,3-7H2;;/q;+1;-1. The average molecular weight is 234 g/mol. The molecule has 5 nitrogen and oxygen atoms in total. The molecule has 0 atom stereocenters. The number of ether oxygens (including phenoxy) is 1. The van der Waals surface area contributed by atoms with E-state index in [2.05, 4.69) is 15.5 Å². The Bertz CT molecular complexity index is 232. The Hall–Kier alpha value is 0.570. The van der Waals surface area contributed by atoms with Crippen molar-refractivity contribution in [2.45, 2.75) is 6.42 Å². The van der Waals surface area contributed by atoms with Crippen LogP contribution in [-0.4, -0.2) is 39.3 Å². The summed E-state index contributed by atoms with van der Waals surface area (Å²) < 4.78 is 31.0. The van der Waals surface area contributed by atoms with Crippen molar-refractivity contribution in [1.29, 1.82) is 0 Å². The van der Waals surface area contributed by atoms with Crippen LogP contribution in [0.4, 0.5) is 0 Å². The van der Waals surface area contributed by atoms with Crippen molar-refractivity contribution in [3.8, 4) is 0 Å². The third-order valence-corrected chi connectivity index (χ3v) is 2.01. The second-order valence-electron chi connectivity index (χ2n) is 2.23. The minimum absolute atomic E-state index is 0. The maximum atomic E-state index is 10.9. The molecule has 0 bridgehead atoms. The first-order valence-electron chi connectivity index (χ1n) is 3.79. The van der Waals surface area contributed by atoms with Gasteiger partial charge in [0, 0.05) is 6.61 Å². The zero-order chi connectivity index (χ0) is 10.2. The Morgan fingerprint density at radius 1 is 1.50 bits per heavy atom. The van der Waals surface area contributed by atoms with Gasteiger partial charge < -0.3 is 11.3 Å². The van der Waals surface area contributed by atoms with E-state index < -0.39 is 16.1 Å². The van der Waals surface area contributed by atoms with Crippen LogP contribution >= 0.6 is 0 Å². The first kappa shape index (κ1) is 17.0. The van der Waals surface area contributed by atoms with E-state index in [1.165, 1.54) is 6.08 Å². The zero-order valence-electron chi connectivity index (χ0n) is 9.31. The quantitative estimate of drug-likeness (QED) is 0.210. The number of aliphatic hydroxyl groups is 1. The summed E-state index contributed by atoms with van der Waals surface area (Å²) in [6.45, 7) is 3.42. The van der Waals surface area contributed by atoms with E-state index in [9.17, 15) is 8.42 Å². The predicted octanol–water partition coefficient (Wildman–Crippen LogP) is -3.01. The molecule has 0 amide bonds. The molecule has 0 aliphatic carbocycles. The van der Waals surface area contributed by atoms with Gasteiger partial charge in [-0.3, -0.25) is 4.18 Å². The smallest absolute Gasteiger partial charge is 1.00 e. The first-order valence-corrected chi connectivity index (χ1v) is 5.36. The van der Waals surface area contributed by atoms with Crippen LogP contribution in [0.25, 0.3) is 0 Å². The summed E-state index contributed by atoms with van der Waals surface area (Å²) in [5.74, 6) is -0.482. The van der Waals surface area contributed by atoms with Gasteiger partial charge in [-0.15, -0.1) is 6.58 Å². The van der Waals surface area contributed by atoms with Gasteiger partial charge in [0.2, 0.25) is 0 Å². The molecular formula is C7H15NaO5S. The molecule has 80 valence electrons. The van der Waals surface area contributed by atoms with Crippen molar-refractivity contribution >= 4 is 10.1 Å². The van der Waals surface area contributed by atoms with Crippen LogP contribution < -0.4 is 29.6 Å². The van der Waals surface area contributed by atoms with Gasteiger partial charge in [0.05, 0.1) is 13.2 Å². The maximum absolute atomic E-state index is 10.9. The minimum atomic E-state index is -3.61. The van der Waals surface area contributed by atoms with Crippen LogP contribution in [0.2, 0.25) is 0 Å². The predicted molar refractivity (Wildman–Crippen MR) is 48.7 cm³/mol. The normalized spacial score (nSPS) is 10.6. The van der Waals surface area contributed by atoms with Gasteiger partial charge in [0.25, 0.3) is 10.1 Å². The molecule has 14 heavy (non-hydrogen) atoms. The van der Waals surface area contributed by atoms with Crippen LogP contribution in [0.5, 0.6) is 0 Å². The average Bonchev–Trinajstić information content (AvgIpc) is 2.05. The minimum Gasteiger partial charge on any atom is -1.00 e. The molecular weight excluding hydrogens is 219 g/mol. The van der Waals surface area contributed by atoms with E-state index in [0.717, 1.165) is 0 Å². The van der Waals surface area contributed by atoms with Crippen LogP contribution in [0, 0.1) is 0 Å². The van der Waals surface area contributed by atoms with E-state index in [0.29, 0.717) is 6.42 Å². The first-order chi connectivity index (χ1) is 6.12. The fraction of sp³-hybridized carbons (Fsp3) is 0.714. The van der Waals surface area contributed by atoms with Crippen LogP contribution in [-0.2, 0) is 19.0 Å². The molecule has 7 heteroatoms. The summed E-state index contributed by atoms with van der Waals surface area (Å²) >= 11 is 0. The Morgan fingerprint density at radius 2 is 2.14 bits per heavy atom. The molecule has 0 aromatic rings. The number of hydrogen-bond acceptors (Lipinski definition) is 5. The number of rotatable bonds is 8. The van der Waals surface area contributed by atoms with Crippen molar-refractivity contribution in [2.24, 2.45) is 0 Å².